The van der Waals surface area contributed by atoms with Gasteiger partial charge in [0, 0.05) is 4.91 Å². The Hall–Kier alpha value is -0.570. The summed E-state index contributed by atoms with van der Waals surface area (Å²) in [6.07, 6.45) is 5.18. The molecule has 94 valence electrons. The van der Waals surface area contributed by atoms with Gasteiger partial charge in [-0.25, -0.2) is 8.42 Å². The largest absolute Gasteiger partial charge is 0.223 e. The molecular formula is C13H24O2S. The van der Waals surface area contributed by atoms with Gasteiger partial charge in [0.15, 0.2) is 9.84 Å². The quantitative estimate of drug-likeness (QED) is 0.704. The summed E-state index contributed by atoms with van der Waals surface area (Å²) in [6, 6.07) is 0. The van der Waals surface area contributed by atoms with Crippen LogP contribution in [0.15, 0.2) is 22.6 Å². The van der Waals surface area contributed by atoms with Gasteiger partial charge >= 0.3 is 0 Å². The maximum Gasteiger partial charge on any atom is 0.179 e. The molecule has 0 aromatic rings. The van der Waals surface area contributed by atoms with Gasteiger partial charge in [0.2, 0.25) is 0 Å². The van der Waals surface area contributed by atoms with Crippen LogP contribution in [0.3, 0.4) is 0 Å². The van der Waals surface area contributed by atoms with Crippen molar-refractivity contribution in [3.05, 3.63) is 22.6 Å². The average molecular weight is 244 g/mol. The second-order valence-corrected chi connectivity index (χ2v) is 7.95. The molecule has 0 radical (unpaired) electrons. The highest BCUT2D eigenvalue weighted by molar-refractivity contribution is 7.96. The second-order valence-electron chi connectivity index (χ2n) is 5.19. The fourth-order valence-electron chi connectivity index (χ4n) is 1.33. The molecule has 0 fully saturated rings. The molecule has 0 amide bonds. The Bertz CT molecular complexity index is 375. The standard InChI is InChI=1S/C13H24O2S/c1-7-12(10-8-9-11(2)3)16(14,15)13(4,5)6/h7,9H,8,10H2,1-6H3. The molecule has 0 rings (SSSR count). The van der Waals surface area contributed by atoms with Gasteiger partial charge in [0.1, 0.15) is 0 Å². The second kappa shape index (κ2) is 5.67. The van der Waals surface area contributed by atoms with Gasteiger partial charge in [-0.05, 0) is 54.4 Å². The van der Waals surface area contributed by atoms with Crippen LogP contribution in [0.1, 0.15) is 54.4 Å². The summed E-state index contributed by atoms with van der Waals surface area (Å²) in [5.41, 5.74) is 1.23. The maximum absolute atomic E-state index is 12.2. The number of rotatable bonds is 4. The summed E-state index contributed by atoms with van der Waals surface area (Å²) < 4.78 is 23.6. The molecule has 0 aromatic heterocycles. The Kier molecular flexibility index (Phi) is 5.47. The van der Waals surface area contributed by atoms with Crippen molar-refractivity contribution in [3.63, 3.8) is 0 Å². The molecule has 0 N–H and O–H groups in total. The first-order chi connectivity index (χ1) is 7.13. The van der Waals surface area contributed by atoms with Gasteiger partial charge in [-0.2, -0.15) is 0 Å². The van der Waals surface area contributed by atoms with Crippen LogP contribution in [0, 0.1) is 0 Å². The van der Waals surface area contributed by atoms with Crippen molar-refractivity contribution >= 4 is 9.84 Å². The Labute approximate surface area is 100 Å². The van der Waals surface area contributed by atoms with Crippen LogP contribution in [0.4, 0.5) is 0 Å². The zero-order valence-corrected chi connectivity index (χ0v) is 12.1. The Balaban J connectivity index is 4.86. The molecule has 0 bridgehead atoms. The number of hydrogen-bond donors (Lipinski definition) is 0. The van der Waals surface area contributed by atoms with E-state index in [0.717, 1.165) is 6.42 Å². The van der Waals surface area contributed by atoms with Crippen molar-refractivity contribution in [3.8, 4) is 0 Å². The molecule has 0 heterocycles. The molecule has 0 aliphatic heterocycles. The minimum atomic E-state index is -3.15. The topological polar surface area (TPSA) is 34.1 Å². The van der Waals surface area contributed by atoms with Crippen LogP contribution in [-0.4, -0.2) is 13.2 Å². The van der Waals surface area contributed by atoms with Crippen LogP contribution >= 0.6 is 0 Å². The molecule has 2 nitrogen and oxygen atoms in total. The molecule has 3 heteroatoms. The van der Waals surface area contributed by atoms with Crippen LogP contribution in [0.2, 0.25) is 0 Å². The summed E-state index contributed by atoms with van der Waals surface area (Å²) in [4.78, 5) is 0.553. The Morgan fingerprint density at radius 2 is 1.69 bits per heavy atom. The van der Waals surface area contributed by atoms with E-state index in [4.69, 9.17) is 0 Å². The lowest BCUT2D eigenvalue weighted by atomic mass is 10.2. The van der Waals surface area contributed by atoms with E-state index in [2.05, 4.69) is 6.08 Å². The first kappa shape index (κ1) is 15.4. The molecule has 0 spiro atoms. The minimum Gasteiger partial charge on any atom is -0.223 e. The zero-order chi connectivity index (χ0) is 13.0. The Morgan fingerprint density at radius 1 is 1.19 bits per heavy atom. The molecule has 0 saturated carbocycles. The first-order valence-electron chi connectivity index (χ1n) is 5.66. The van der Waals surface area contributed by atoms with Crippen molar-refractivity contribution in [1.29, 1.82) is 0 Å². The van der Waals surface area contributed by atoms with E-state index >= 15 is 0 Å². The first-order valence-corrected chi connectivity index (χ1v) is 7.14. The van der Waals surface area contributed by atoms with Crippen LogP contribution in [-0.2, 0) is 9.84 Å². The zero-order valence-electron chi connectivity index (χ0n) is 11.3. The van der Waals surface area contributed by atoms with Crippen molar-refractivity contribution in [2.45, 2.75) is 59.1 Å². The minimum absolute atomic E-state index is 0.553. The van der Waals surface area contributed by atoms with Gasteiger partial charge in [-0.15, -0.1) is 0 Å². The summed E-state index contributed by atoms with van der Waals surface area (Å²) in [5, 5.41) is 0. The number of hydrogen-bond acceptors (Lipinski definition) is 2. The lowest BCUT2D eigenvalue weighted by Crippen LogP contribution is -2.29. The highest BCUT2D eigenvalue weighted by Crippen LogP contribution is 2.26. The highest BCUT2D eigenvalue weighted by atomic mass is 32.2. The third kappa shape index (κ3) is 4.12. The van der Waals surface area contributed by atoms with E-state index in [1.165, 1.54) is 5.57 Å². The van der Waals surface area contributed by atoms with Crippen molar-refractivity contribution in [2.24, 2.45) is 0 Å². The fourth-order valence-corrected chi connectivity index (χ4v) is 2.81. The highest BCUT2D eigenvalue weighted by Gasteiger charge is 2.31. The number of sulfone groups is 1. The fraction of sp³-hybridized carbons (Fsp3) is 0.692. The Morgan fingerprint density at radius 3 is 2.00 bits per heavy atom. The van der Waals surface area contributed by atoms with E-state index in [0.29, 0.717) is 11.3 Å². The number of allylic oxidation sites excluding steroid dienone is 4. The monoisotopic (exact) mass is 244 g/mol. The summed E-state index contributed by atoms with van der Waals surface area (Å²) in [6.45, 7) is 11.1. The van der Waals surface area contributed by atoms with Gasteiger partial charge in [-0.1, -0.05) is 17.7 Å². The third-order valence-electron chi connectivity index (χ3n) is 2.42. The normalized spacial score (nSPS) is 13.8. The predicted molar refractivity (Wildman–Crippen MR) is 71.1 cm³/mol. The lowest BCUT2D eigenvalue weighted by Gasteiger charge is -2.21. The summed E-state index contributed by atoms with van der Waals surface area (Å²) >= 11 is 0. The molecular weight excluding hydrogens is 220 g/mol. The van der Waals surface area contributed by atoms with Crippen molar-refractivity contribution in [2.75, 3.05) is 0 Å². The van der Waals surface area contributed by atoms with Crippen LogP contribution in [0.25, 0.3) is 0 Å². The molecule has 0 aliphatic rings. The van der Waals surface area contributed by atoms with E-state index in [1.54, 1.807) is 33.8 Å². The van der Waals surface area contributed by atoms with Gasteiger partial charge in [-0.3, -0.25) is 0 Å². The smallest absolute Gasteiger partial charge is 0.179 e. The summed E-state index contributed by atoms with van der Waals surface area (Å²) in [5.74, 6) is 0. The molecule has 16 heavy (non-hydrogen) atoms. The summed E-state index contributed by atoms with van der Waals surface area (Å²) in [7, 11) is -3.15. The van der Waals surface area contributed by atoms with Gasteiger partial charge in [0.25, 0.3) is 0 Å². The van der Waals surface area contributed by atoms with Crippen molar-refractivity contribution < 1.29 is 8.42 Å². The molecule has 0 atom stereocenters. The van der Waals surface area contributed by atoms with Crippen LogP contribution < -0.4 is 0 Å². The van der Waals surface area contributed by atoms with Crippen LogP contribution in [0.5, 0.6) is 0 Å². The molecule has 0 unspecified atom stereocenters. The van der Waals surface area contributed by atoms with E-state index in [-0.39, 0.29) is 0 Å². The third-order valence-corrected chi connectivity index (χ3v) is 5.16. The van der Waals surface area contributed by atoms with Crippen molar-refractivity contribution in [1.82, 2.24) is 0 Å². The van der Waals surface area contributed by atoms with E-state index in [1.807, 2.05) is 13.8 Å². The molecule has 0 aliphatic carbocycles. The molecule has 0 aromatic carbocycles. The van der Waals surface area contributed by atoms with E-state index < -0.39 is 14.6 Å². The lowest BCUT2D eigenvalue weighted by molar-refractivity contribution is 0.565. The maximum atomic E-state index is 12.2. The predicted octanol–water partition coefficient (Wildman–Crippen LogP) is 3.85. The van der Waals surface area contributed by atoms with Gasteiger partial charge in [0.05, 0.1) is 4.75 Å². The van der Waals surface area contributed by atoms with Gasteiger partial charge < -0.3 is 0 Å². The SMILES string of the molecule is CC=C(CCC=C(C)C)S(=O)(=O)C(C)(C)C. The molecule has 0 saturated heterocycles. The average Bonchev–Trinajstić information content (AvgIpc) is 2.09. The van der Waals surface area contributed by atoms with E-state index in [9.17, 15) is 8.42 Å².